The zero-order valence-electron chi connectivity index (χ0n) is 28.3. The van der Waals surface area contributed by atoms with Crippen molar-refractivity contribution in [2.24, 2.45) is 0 Å². The third-order valence-electron chi connectivity index (χ3n) is 10.1. The Morgan fingerprint density at radius 2 is 1.55 bits per heavy atom. The Kier molecular flexibility index (Phi) is 12.5. The molecule has 0 aromatic heterocycles. The molecule has 2 amide bonds. The second kappa shape index (κ2) is 17.3. The van der Waals surface area contributed by atoms with E-state index in [2.05, 4.69) is 51.5 Å². The number of hydrogen-bond donors (Lipinski definition) is 4. The zero-order valence-corrected chi connectivity index (χ0v) is 28.3. The van der Waals surface area contributed by atoms with Crippen molar-refractivity contribution in [2.75, 3.05) is 32.7 Å². The molecule has 4 unspecified atom stereocenters. The van der Waals surface area contributed by atoms with E-state index in [4.69, 9.17) is 14.7 Å². The van der Waals surface area contributed by atoms with Gasteiger partial charge in [0.2, 0.25) is 11.8 Å². The van der Waals surface area contributed by atoms with Crippen molar-refractivity contribution in [1.29, 1.82) is 0 Å². The first-order valence-electron chi connectivity index (χ1n) is 17.8. The molecule has 0 spiro atoms. The van der Waals surface area contributed by atoms with Crippen LogP contribution in [0.25, 0.3) is 11.1 Å². The standard InChI is InChI=1S/C39H50N4O6/c44-27-28-12-14-30(15-13-28)36-23-34(26-43-22-6-8-33(43)25-42-20-3-4-21-42)48-39(49-36)31-18-16-29(17-19-31)35-9-2-1-7-32(35)24-40-37(45)10-5-11-38(46)41-47/h1-2,7,9,12-19,33-34,36,39,44,47H,3-6,8,10-11,20-27H2,(H,40,45)(H,41,46). The van der Waals surface area contributed by atoms with Crippen molar-refractivity contribution >= 4 is 11.8 Å². The summed E-state index contributed by atoms with van der Waals surface area (Å²) >= 11 is 0. The molecule has 3 aliphatic heterocycles. The van der Waals surface area contributed by atoms with Gasteiger partial charge in [0.15, 0.2) is 6.29 Å². The minimum atomic E-state index is -0.516. The van der Waals surface area contributed by atoms with Crippen LogP contribution in [0.1, 0.15) is 86.0 Å². The Labute approximate surface area is 289 Å². The van der Waals surface area contributed by atoms with Crippen molar-refractivity contribution in [3.05, 3.63) is 95.1 Å². The molecule has 262 valence electrons. The van der Waals surface area contributed by atoms with Crippen molar-refractivity contribution < 1.29 is 29.4 Å². The molecule has 4 atom stereocenters. The highest BCUT2D eigenvalue weighted by atomic mass is 16.7. The van der Waals surface area contributed by atoms with Crippen LogP contribution in [0.3, 0.4) is 0 Å². The Balaban J connectivity index is 1.14. The van der Waals surface area contributed by atoms with Gasteiger partial charge in [-0.15, -0.1) is 0 Å². The van der Waals surface area contributed by atoms with E-state index >= 15 is 0 Å². The lowest BCUT2D eigenvalue weighted by Crippen LogP contribution is -2.45. The summed E-state index contributed by atoms with van der Waals surface area (Å²) in [6.45, 7) is 5.95. The number of rotatable bonds is 14. The lowest BCUT2D eigenvalue weighted by molar-refractivity contribution is -0.253. The van der Waals surface area contributed by atoms with E-state index in [0.717, 1.165) is 59.4 Å². The minimum absolute atomic E-state index is 0.0148. The zero-order chi connectivity index (χ0) is 34.0. The number of carbonyl (C=O) groups excluding carboxylic acids is 2. The largest absolute Gasteiger partial charge is 0.392 e. The second-order valence-electron chi connectivity index (χ2n) is 13.6. The van der Waals surface area contributed by atoms with Crippen LogP contribution < -0.4 is 10.8 Å². The number of carbonyl (C=O) groups is 2. The lowest BCUT2D eigenvalue weighted by atomic mass is 9.97. The Morgan fingerprint density at radius 1 is 0.816 bits per heavy atom. The molecule has 0 aliphatic carbocycles. The fourth-order valence-corrected chi connectivity index (χ4v) is 7.42. The number of aliphatic hydroxyl groups is 1. The van der Waals surface area contributed by atoms with Gasteiger partial charge in [0.25, 0.3) is 0 Å². The maximum absolute atomic E-state index is 12.4. The summed E-state index contributed by atoms with van der Waals surface area (Å²) in [7, 11) is 0. The fourth-order valence-electron chi connectivity index (χ4n) is 7.42. The molecule has 3 fully saturated rings. The highest BCUT2D eigenvalue weighted by Gasteiger charge is 2.36. The highest BCUT2D eigenvalue weighted by Crippen LogP contribution is 2.39. The topological polar surface area (TPSA) is 124 Å². The number of amides is 2. The molecule has 0 bridgehead atoms. The SMILES string of the molecule is O=C(CCCC(=O)NCc1ccccc1-c1ccc(C2OC(CN3CCCC3CN3CCCC3)CC(c3ccc(CO)cc3)O2)cc1)NO. The predicted octanol–water partition coefficient (Wildman–Crippen LogP) is 5.24. The normalized spacial score (nSPS) is 23.1. The van der Waals surface area contributed by atoms with Crippen molar-refractivity contribution in [2.45, 2.75) is 89.1 Å². The minimum Gasteiger partial charge on any atom is -0.392 e. The number of likely N-dealkylation sites (tertiary alicyclic amines) is 2. The summed E-state index contributed by atoms with van der Waals surface area (Å²) in [5.74, 6) is -0.643. The highest BCUT2D eigenvalue weighted by molar-refractivity contribution is 5.78. The molecule has 3 aliphatic rings. The van der Waals surface area contributed by atoms with E-state index in [1.807, 2.05) is 36.4 Å². The second-order valence-corrected chi connectivity index (χ2v) is 13.6. The van der Waals surface area contributed by atoms with E-state index in [1.54, 1.807) is 5.48 Å². The monoisotopic (exact) mass is 670 g/mol. The van der Waals surface area contributed by atoms with Gasteiger partial charge in [0, 0.05) is 50.5 Å². The first kappa shape index (κ1) is 35.2. The molecular formula is C39H50N4O6. The van der Waals surface area contributed by atoms with Crippen LogP contribution in [-0.4, -0.2) is 76.8 Å². The quantitative estimate of drug-likeness (QED) is 0.136. The molecule has 4 N–H and O–H groups in total. The van der Waals surface area contributed by atoms with Crippen molar-refractivity contribution in [3.8, 4) is 11.1 Å². The van der Waals surface area contributed by atoms with Crippen molar-refractivity contribution in [3.63, 3.8) is 0 Å². The number of nitrogens with zero attached hydrogens (tertiary/aromatic N) is 2. The van der Waals surface area contributed by atoms with E-state index in [9.17, 15) is 14.7 Å². The number of hydroxylamine groups is 1. The van der Waals surface area contributed by atoms with Gasteiger partial charge in [0.05, 0.1) is 18.8 Å². The summed E-state index contributed by atoms with van der Waals surface area (Å²) in [5.41, 5.74) is 7.56. The van der Waals surface area contributed by atoms with Gasteiger partial charge >= 0.3 is 0 Å². The molecule has 6 rings (SSSR count). The third kappa shape index (κ3) is 9.54. The van der Waals surface area contributed by atoms with Gasteiger partial charge in [-0.2, -0.15) is 0 Å². The maximum atomic E-state index is 12.4. The van der Waals surface area contributed by atoms with Crippen LogP contribution in [0.5, 0.6) is 0 Å². The van der Waals surface area contributed by atoms with Gasteiger partial charge in [-0.05, 0) is 79.6 Å². The molecule has 0 radical (unpaired) electrons. The van der Waals surface area contributed by atoms with E-state index in [0.29, 0.717) is 19.0 Å². The van der Waals surface area contributed by atoms with E-state index < -0.39 is 12.2 Å². The van der Waals surface area contributed by atoms with Crippen LogP contribution in [0.4, 0.5) is 0 Å². The fraction of sp³-hybridized carbons (Fsp3) is 0.487. The number of nitrogens with one attached hydrogen (secondary N) is 2. The number of benzene rings is 3. The first-order valence-corrected chi connectivity index (χ1v) is 17.8. The molecule has 0 saturated carbocycles. The molecule has 10 nitrogen and oxygen atoms in total. The summed E-state index contributed by atoms with van der Waals surface area (Å²) in [6, 6.07) is 24.9. The summed E-state index contributed by atoms with van der Waals surface area (Å²) in [6.07, 6.45) is 5.89. The van der Waals surface area contributed by atoms with Gasteiger partial charge in [0.1, 0.15) is 0 Å². The van der Waals surface area contributed by atoms with E-state index in [-0.39, 0.29) is 37.6 Å². The molecule has 3 aromatic carbocycles. The van der Waals surface area contributed by atoms with Gasteiger partial charge < -0.3 is 24.8 Å². The first-order chi connectivity index (χ1) is 24.0. The van der Waals surface area contributed by atoms with Gasteiger partial charge in [-0.25, -0.2) is 5.48 Å². The van der Waals surface area contributed by atoms with Crippen LogP contribution in [0.2, 0.25) is 0 Å². The molecule has 3 heterocycles. The molecule has 49 heavy (non-hydrogen) atoms. The Hall–Kier alpha value is -3.64. The van der Waals surface area contributed by atoms with Crippen molar-refractivity contribution in [1.82, 2.24) is 20.6 Å². The third-order valence-corrected chi connectivity index (χ3v) is 10.1. The molecule has 3 saturated heterocycles. The van der Waals surface area contributed by atoms with Crippen LogP contribution in [0, 0.1) is 0 Å². The average molecular weight is 671 g/mol. The number of aliphatic hydroxyl groups excluding tert-OH is 1. The van der Waals surface area contributed by atoms with Gasteiger partial charge in [-0.1, -0.05) is 72.8 Å². The summed E-state index contributed by atoms with van der Waals surface area (Å²) in [4.78, 5) is 28.9. The average Bonchev–Trinajstić information content (AvgIpc) is 3.83. The Bertz CT molecular complexity index is 1510. The van der Waals surface area contributed by atoms with Gasteiger partial charge in [-0.3, -0.25) is 19.7 Å². The van der Waals surface area contributed by atoms with Crippen LogP contribution in [0.15, 0.2) is 72.8 Å². The molecule has 3 aromatic rings. The predicted molar refractivity (Wildman–Crippen MR) is 186 cm³/mol. The molecule has 10 heteroatoms. The summed E-state index contributed by atoms with van der Waals surface area (Å²) < 4.78 is 13.4. The van der Waals surface area contributed by atoms with Crippen LogP contribution in [-0.2, 0) is 32.2 Å². The van der Waals surface area contributed by atoms with Crippen LogP contribution >= 0.6 is 0 Å². The lowest BCUT2D eigenvalue weighted by Gasteiger charge is -2.39. The summed E-state index contributed by atoms with van der Waals surface area (Å²) in [5, 5.41) is 21.2. The van der Waals surface area contributed by atoms with E-state index in [1.165, 1.54) is 38.8 Å². The number of ether oxygens (including phenoxy) is 2. The smallest absolute Gasteiger partial charge is 0.243 e. The Morgan fingerprint density at radius 3 is 2.31 bits per heavy atom. The maximum Gasteiger partial charge on any atom is 0.243 e. The molecular weight excluding hydrogens is 620 g/mol. The number of hydrogen-bond acceptors (Lipinski definition) is 8.